The fourth-order valence-electron chi connectivity index (χ4n) is 4.04. The lowest BCUT2D eigenvalue weighted by molar-refractivity contribution is -0.121. The Bertz CT molecular complexity index is 251. The molecule has 5 aliphatic carbocycles. The Balaban J connectivity index is 2.01. The first-order chi connectivity index (χ1) is 4.84. The molecule has 0 aromatic carbocycles. The van der Waals surface area contributed by atoms with Gasteiger partial charge in [-0.1, -0.05) is 0 Å². The smallest absolute Gasteiger partial charge is 0.140 e. The van der Waals surface area contributed by atoms with Gasteiger partial charge in [-0.25, -0.2) is 0 Å². The molecule has 52 valence electrons. The molecule has 0 N–H and O–H groups in total. The van der Waals surface area contributed by atoms with Crippen LogP contribution in [0.15, 0.2) is 0 Å². The molecule has 0 aromatic rings. The highest BCUT2D eigenvalue weighted by molar-refractivity contribution is 5.94. The molecule has 1 heteroatoms. The zero-order valence-electron chi connectivity index (χ0n) is 5.84. The summed E-state index contributed by atoms with van der Waals surface area (Å²) in [5.74, 6) is 3.61. The summed E-state index contributed by atoms with van der Waals surface area (Å²) in [6.45, 7) is 0. The minimum atomic E-state index is 0.562. The van der Waals surface area contributed by atoms with Crippen LogP contribution in [0.2, 0.25) is 0 Å². The topological polar surface area (TPSA) is 17.1 Å². The number of rotatable bonds is 0. The summed E-state index contributed by atoms with van der Waals surface area (Å²) in [6, 6.07) is 0. The lowest BCUT2D eigenvalue weighted by Gasteiger charge is -2.08. The molecular formula is C9H10O. The van der Waals surface area contributed by atoms with Gasteiger partial charge in [-0.15, -0.1) is 0 Å². The van der Waals surface area contributed by atoms with E-state index in [0.717, 1.165) is 11.8 Å². The van der Waals surface area contributed by atoms with Crippen molar-refractivity contribution in [2.75, 3.05) is 0 Å². The van der Waals surface area contributed by atoms with Crippen LogP contribution in [0.25, 0.3) is 0 Å². The number of ketones is 1. The predicted molar refractivity (Wildman–Crippen MR) is 35.3 cm³/mol. The quantitative estimate of drug-likeness (QED) is 0.487. The van der Waals surface area contributed by atoms with Gasteiger partial charge in [-0.2, -0.15) is 0 Å². The van der Waals surface area contributed by atoms with Gasteiger partial charge in [0.2, 0.25) is 0 Å². The summed E-state index contributed by atoms with van der Waals surface area (Å²) >= 11 is 0. The van der Waals surface area contributed by atoms with Gasteiger partial charge in [-0.05, 0) is 36.5 Å². The van der Waals surface area contributed by atoms with Crippen LogP contribution in [0.1, 0.15) is 19.3 Å². The third-order valence-electron chi connectivity index (χ3n) is 4.53. The van der Waals surface area contributed by atoms with E-state index in [9.17, 15) is 4.79 Å². The molecule has 0 unspecified atom stereocenters. The van der Waals surface area contributed by atoms with Gasteiger partial charge in [0.25, 0.3) is 0 Å². The standard InChI is InChI=1S/C9H10O/c10-8-5-3-4-6(8)7(4)9(5)1-2-9/h4-7H,1-3H2/t4-,5+,6+,7-/m1/s1. The van der Waals surface area contributed by atoms with Crippen LogP contribution in [0.3, 0.4) is 0 Å². The summed E-state index contributed by atoms with van der Waals surface area (Å²) in [6.07, 6.45) is 4.07. The molecule has 5 fully saturated rings. The van der Waals surface area contributed by atoms with Crippen LogP contribution in [-0.4, -0.2) is 5.78 Å². The lowest BCUT2D eigenvalue weighted by Crippen LogP contribution is -2.11. The van der Waals surface area contributed by atoms with Crippen LogP contribution < -0.4 is 0 Å². The summed E-state index contributed by atoms with van der Waals surface area (Å²) in [4.78, 5) is 11.4. The monoisotopic (exact) mass is 134 g/mol. The number of hydrogen-bond acceptors (Lipinski definition) is 1. The molecule has 10 heavy (non-hydrogen) atoms. The lowest BCUT2D eigenvalue weighted by atomic mass is 9.95. The first-order valence-corrected chi connectivity index (χ1v) is 4.38. The van der Waals surface area contributed by atoms with Gasteiger partial charge in [0, 0.05) is 11.8 Å². The average Bonchev–Trinajstić information content (AvgIpc) is 2.66. The SMILES string of the molecule is O=C1[C@H]2[C@H]3C[C@@H]1C1(CC1)[C@H]32. The van der Waals surface area contributed by atoms with Gasteiger partial charge >= 0.3 is 0 Å². The second-order valence-corrected chi connectivity index (χ2v) is 4.64. The average molecular weight is 134 g/mol. The van der Waals surface area contributed by atoms with E-state index in [1.807, 2.05) is 0 Å². The van der Waals surface area contributed by atoms with Crippen molar-refractivity contribution in [1.82, 2.24) is 0 Å². The summed E-state index contributed by atoms with van der Waals surface area (Å²) in [5.41, 5.74) is 0.631. The van der Waals surface area contributed by atoms with Gasteiger partial charge in [0.15, 0.2) is 0 Å². The number of Topliss-reactive ketones (excluding diaryl/α,β-unsaturated/α-hetero) is 1. The number of carbonyl (C=O) groups excluding carboxylic acids is 1. The van der Waals surface area contributed by atoms with E-state index in [4.69, 9.17) is 0 Å². The first kappa shape index (κ1) is 4.53. The fraction of sp³-hybridized carbons (Fsp3) is 0.889. The van der Waals surface area contributed by atoms with Crippen molar-refractivity contribution in [2.45, 2.75) is 19.3 Å². The molecule has 0 amide bonds. The van der Waals surface area contributed by atoms with Gasteiger partial charge in [-0.3, -0.25) is 4.79 Å². The minimum absolute atomic E-state index is 0.562. The van der Waals surface area contributed by atoms with E-state index in [1.165, 1.54) is 19.3 Å². The second kappa shape index (κ2) is 0.910. The molecule has 5 saturated carbocycles. The Morgan fingerprint density at radius 2 is 2.20 bits per heavy atom. The van der Waals surface area contributed by atoms with Crippen molar-refractivity contribution in [2.24, 2.45) is 29.1 Å². The van der Waals surface area contributed by atoms with Crippen LogP contribution >= 0.6 is 0 Å². The molecule has 0 aromatic heterocycles. The zero-order valence-corrected chi connectivity index (χ0v) is 5.84. The maximum Gasteiger partial charge on any atom is 0.140 e. The van der Waals surface area contributed by atoms with E-state index in [2.05, 4.69) is 0 Å². The Hall–Kier alpha value is -0.330. The third-order valence-corrected chi connectivity index (χ3v) is 4.53. The van der Waals surface area contributed by atoms with E-state index < -0.39 is 0 Å². The highest BCUT2D eigenvalue weighted by Crippen LogP contribution is 2.84. The number of carbonyl (C=O) groups is 1. The molecule has 0 radical (unpaired) electrons. The van der Waals surface area contributed by atoms with Gasteiger partial charge < -0.3 is 0 Å². The molecule has 0 aliphatic heterocycles. The fourth-order valence-corrected chi connectivity index (χ4v) is 4.04. The van der Waals surface area contributed by atoms with Crippen molar-refractivity contribution < 1.29 is 4.79 Å². The normalized spacial score (nSPS) is 63.8. The van der Waals surface area contributed by atoms with E-state index in [1.54, 1.807) is 0 Å². The molecule has 4 bridgehead atoms. The van der Waals surface area contributed by atoms with Crippen molar-refractivity contribution in [3.63, 3.8) is 0 Å². The van der Waals surface area contributed by atoms with Crippen molar-refractivity contribution >= 4 is 5.78 Å². The zero-order chi connectivity index (χ0) is 6.51. The highest BCUT2D eigenvalue weighted by atomic mass is 16.1. The Morgan fingerprint density at radius 3 is 2.40 bits per heavy atom. The second-order valence-electron chi connectivity index (χ2n) is 4.64. The van der Waals surface area contributed by atoms with E-state index in [0.29, 0.717) is 23.0 Å². The summed E-state index contributed by atoms with van der Waals surface area (Å²) in [7, 11) is 0. The number of hydrogen-bond donors (Lipinski definition) is 0. The maximum atomic E-state index is 11.4. The molecule has 1 spiro atoms. The van der Waals surface area contributed by atoms with Crippen LogP contribution in [0.4, 0.5) is 0 Å². The third kappa shape index (κ3) is 0.228. The van der Waals surface area contributed by atoms with Crippen LogP contribution in [-0.2, 0) is 4.79 Å². The summed E-state index contributed by atoms with van der Waals surface area (Å²) < 4.78 is 0. The molecule has 4 atom stereocenters. The van der Waals surface area contributed by atoms with Crippen molar-refractivity contribution in [1.29, 1.82) is 0 Å². The maximum absolute atomic E-state index is 11.4. The van der Waals surface area contributed by atoms with E-state index in [-0.39, 0.29) is 0 Å². The van der Waals surface area contributed by atoms with Crippen molar-refractivity contribution in [3.8, 4) is 0 Å². The van der Waals surface area contributed by atoms with E-state index >= 15 is 0 Å². The highest BCUT2D eigenvalue weighted by Gasteiger charge is 2.83. The van der Waals surface area contributed by atoms with Gasteiger partial charge in [0.1, 0.15) is 5.78 Å². The molecular weight excluding hydrogens is 124 g/mol. The molecule has 0 saturated heterocycles. The van der Waals surface area contributed by atoms with Gasteiger partial charge in [0.05, 0.1) is 0 Å². The molecule has 0 heterocycles. The summed E-state index contributed by atoms with van der Waals surface area (Å²) in [5, 5.41) is 0. The van der Waals surface area contributed by atoms with Crippen LogP contribution in [0.5, 0.6) is 0 Å². The minimum Gasteiger partial charge on any atom is -0.299 e. The predicted octanol–water partition coefficient (Wildman–Crippen LogP) is 1.23. The molecule has 5 rings (SSSR count). The molecule has 5 aliphatic rings. The Kier molecular flexibility index (Phi) is 0.412. The first-order valence-electron chi connectivity index (χ1n) is 4.38. The Labute approximate surface area is 59.8 Å². The largest absolute Gasteiger partial charge is 0.299 e. The molecule has 1 nitrogen and oxygen atoms in total. The Morgan fingerprint density at radius 1 is 1.40 bits per heavy atom. The van der Waals surface area contributed by atoms with Crippen LogP contribution in [0, 0.1) is 29.1 Å². The van der Waals surface area contributed by atoms with Crippen molar-refractivity contribution in [3.05, 3.63) is 0 Å².